The molecule has 0 N–H and O–H groups in total. The minimum Gasteiger partial charge on any atom is -0.287 e. The Kier molecular flexibility index (Phi) is 6.18. The first-order valence-electron chi connectivity index (χ1n) is 11.7. The molecule has 1 saturated carbocycles. The van der Waals surface area contributed by atoms with Gasteiger partial charge in [-0.1, -0.05) is 85.9 Å². The maximum Gasteiger partial charge on any atom is 0.258 e. The van der Waals surface area contributed by atoms with Crippen LogP contribution >= 0.6 is 23.4 Å². The second kappa shape index (κ2) is 9.07. The number of hydrogen-bond acceptors (Lipinski definition) is 3. The van der Waals surface area contributed by atoms with Crippen LogP contribution < -0.4 is 5.56 Å². The summed E-state index contributed by atoms with van der Waals surface area (Å²) in [5.74, 6) is 0.763. The van der Waals surface area contributed by atoms with Gasteiger partial charge >= 0.3 is 0 Å². The quantitative estimate of drug-likeness (QED) is 0.300. The fourth-order valence-electron chi connectivity index (χ4n) is 5.48. The van der Waals surface area contributed by atoms with Crippen molar-refractivity contribution in [3.63, 3.8) is 0 Å². The molecule has 1 fully saturated rings. The number of rotatable bonds is 5. The van der Waals surface area contributed by atoms with Gasteiger partial charge in [0.2, 0.25) is 0 Å². The number of benzene rings is 2. The third kappa shape index (κ3) is 3.92. The zero-order valence-corrected chi connectivity index (χ0v) is 20.1. The number of aromatic nitrogens is 2. The van der Waals surface area contributed by atoms with Crippen molar-refractivity contribution in [1.82, 2.24) is 9.55 Å². The van der Waals surface area contributed by atoms with Crippen LogP contribution in [0.1, 0.15) is 62.1 Å². The topological polar surface area (TPSA) is 34.9 Å². The van der Waals surface area contributed by atoms with Crippen LogP contribution in [-0.4, -0.2) is 9.55 Å². The van der Waals surface area contributed by atoms with Gasteiger partial charge in [0.15, 0.2) is 5.16 Å². The molecule has 0 aliphatic heterocycles. The van der Waals surface area contributed by atoms with Crippen molar-refractivity contribution < 1.29 is 0 Å². The minimum atomic E-state index is -0.0547. The van der Waals surface area contributed by atoms with Gasteiger partial charge < -0.3 is 0 Å². The third-order valence-electron chi connectivity index (χ3n) is 7.00. The van der Waals surface area contributed by atoms with Crippen LogP contribution in [0.4, 0.5) is 0 Å². The van der Waals surface area contributed by atoms with Crippen LogP contribution in [0.25, 0.3) is 11.3 Å². The van der Waals surface area contributed by atoms with Gasteiger partial charge in [0, 0.05) is 28.3 Å². The molecule has 2 aromatic carbocycles. The van der Waals surface area contributed by atoms with E-state index in [2.05, 4.69) is 31.2 Å². The first-order chi connectivity index (χ1) is 15.6. The van der Waals surface area contributed by atoms with E-state index in [-0.39, 0.29) is 11.0 Å². The normalized spacial score (nSPS) is 16.6. The SMILES string of the molecule is CCCn1c(SCc2ccc(Cl)cc2)nc2c(c1=O)C1(CCCCC1)Cc1ccccc1-2. The summed E-state index contributed by atoms with van der Waals surface area (Å²) in [6.07, 6.45) is 7.73. The van der Waals surface area contributed by atoms with E-state index in [1.807, 2.05) is 28.8 Å². The standard InChI is InChI=1S/C27H29ClN2OS/c1-2-16-30-25(31)23-24(29-26(30)32-18-19-10-12-21(28)13-11-19)22-9-5-4-8-20(22)17-27(23)14-6-3-7-15-27/h4-5,8-13H,2-3,6-7,14-18H2,1H3. The third-order valence-corrected chi connectivity index (χ3v) is 8.30. The Bertz CT molecular complexity index is 1180. The highest BCUT2D eigenvalue weighted by Gasteiger charge is 2.43. The lowest BCUT2D eigenvalue weighted by atomic mass is 9.62. The Balaban J connectivity index is 1.64. The number of thioether (sulfide) groups is 1. The molecule has 5 heteroatoms. The number of hydrogen-bond donors (Lipinski definition) is 0. The molecule has 0 amide bonds. The molecular formula is C27H29ClN2OS. The van der Waals surface area contributed by atoms with Crippen molar-refractivity contribution in [3.8, 4) is 11.3 Å². The second-order valence-electron chi connectivity index (χ2n) is 9.16. The van der Waals surface area contributed by atoms with E-state index in [1.165, 1.54) is 30.4 Å². The van der Waals surface area contributed by atoms with E-state index in [9.17, 15) is 4.79 Å². The molecule has 3 nitrogen and oxygen atoms in total. The van der Waals surface area contributed by atoms with E-state index >= 15 is 0 Å². The van der Waals surface area contributed by atoms with Crippen LogP contribution in [0.5, 0.6) is 0 Å². The fraction of sp³-hybridized carbons (Fsp3) is 0.407. The van der Waals surface area contributed by atoms with Gasteiger partial charge in [-0.05, 0) is 48.9 Å². The Morgan fingerprint density at radius 2 is 1.81 bits per heavy atom. The first-order valence-corrected chi connectivity index (χ1v) is 13.1. The average Bonchev–Trinajstić information content (AvgIpc) is 2.81. The van der Waals surface area contributed by atoms with E-state index in [4.69, 9.17) is 16.6 Å². The zero-order valence-electron chi connectivity index (χ0n) is 18.6. The summed E-state index contributed by atoms with van der Waals surface area (Å²) < 4.78 is 1.95. The maximum atomic E-state index is 14.1. The zero-order chi connectivity index (χ0) is 22.1. The molecule has 2 aliphatic carbocycles. The Hall–Kier alpha value is -2.04. The van der Waals surface area contributed by atoms with E-state index in [1.54, 1.807) is 11.8 Å². The summed E-state index contributed by atoms with van der Waals surface area (Å²) in [6, 6.07) is 16.5. The molecule has 1 heterocycles. The highest BCUT2D eigenvalue weighted by molar-refractivity contribution is 7.98. The first kappa shape index (κ1) is 21.8. The van der Waals surface area contributed by atoms with Gasteiger partial charge in [0.1, 0.15) is 0 Å². The lowest BCUT2D eigenvalue weighted by molar-refractivity contribution is 0.282. The Morgan fingerprint density at radius 3 is 2.56 bits per heavy atom. The van der Waals surface area contributed by atoms with Crippen LogP contribution in [0, 0.1) is 0 Å². The molecular weight excluding hydrogens is 436 g/mol. The van der Waals surface area contributed by atoms with Gasteiger partial charge in [-0.2, -0.15) is 0 Å². The highest BCUT2D eigenvalue weighted by Crippen LogP contribution is 2.48. The largest absolute Gasteiger partial charge is 0.287 e. The summed E-state index contributed by atoms with van der Waals surface area (Å²) in [5.41, 5.74) is 5.72. The number of fused-ring (bicyclic) bond motifs is 4. The fourth-order valence-corrected chi connectivity index (χ4v) is 6.58. The molecule has 0 atom stereocenters. The smallest absolute Gasteiger partial charge is 0.258 e. The molecule has 1 aromatic heterocycles. The van der Waals surface area contributed by atoms with Crippen LogP contribution in [0.3, 0.4) is 0 Å². The lowest BCUT2D eigenvalue weighted by Gasteiger charge is -2.42. The summed E-state index contributed by atoms with van der Waals surface area (Å²) in [6.45, 7) is 2.84. The molecule has 166 valence electrons. The van der Waals surface area contributed by atoms with Gasteiger partial charge in [-0.15, -0.1) is 0 Å². The molecule has 0 saturated heterocycles. The van der Waals surface area contributed by atoms with Gasteiger partial charge in [-0.3, -0.25) is 9.36 Å². The van der Waals surface area contributed by atoms with Crippen molar-refractivity contribution in [2.45, 2.75) is 74.7 Å². The summed E-state index contributed by atoms with van der Waals surface area (Å²) >= 11 is 7.70. The second-order valence-corrected chi connectivity index (χ2v) is 10.5. The van der Waals surface area contributed by atoms with Crippen molar-refractivity contribution in [1.29, 1.82) is 0 Å². The average molecular weight is 465 g/mol. The van der Waals surface area contributed by atoms with E-state index < -0.39 is 0 Å². The molecule has 0 unspecified atom stereocenters. The van der Waals surface area contributed by atoms with E-state index in [0.29, 0.717) is 6.54 Å². The molecule has 3 aromatic rings. The summed E-state index contributed by atoms with van der Waals surface area (Å²) in [5, 5.41) is 1.57. The number of nitrogens with zero attached hydrogens (tertiary/aromatic N) is 2. The van der Waals surface area contributed by atoms with E-state index in [0.717, 1.165) is 58.4 Å². The minimum absolute atomic E-state index is 0.0547. The summed E-state index contributed by atoms with van der Waals surface area (Å²) in [7, 11) is 0. The molecule has 0 radical (unpaired) electrons. The van der Waals surface area contributed by atoms with Crippen molar-refractivity contribution >= 4 is 23.4 Å². The predicted octanol–water partition coefficient (Wildman–Crippen LogP) is 7.02. The van der Waals surface area contributed by atoms with Crippen LogP contribution in [0.2, 0.25) is 5.02 Å². The van der Waals surface area contributed by atoms with Gasteiger partial charge in [0.05, 0.1) is 11.3 Å². The monoisotopic (exact) mass is 464 g/mol. The van der Waals surface area contributed by atoms with Crippen molar-refractivity contribution in [2.75, 3.05) is 0 Å². The highest BCUT2D eigenvalue weighted by atomic mass is 35.5. The number of halogens is 1. The van der Waals surface area contributed by atoms with Crippen LogP contribution in [0.15, 0.2) is 58.5 Å². The van der Waals surface area contributed by atoms with Crippen LogP contribution in [-0.2, 0) is 24.1 Å². The lowest BCUT2D eigenvalue weighted by Crippen LogP contribution is -2.43. The van der Waals surface area contributed by atoms with Gasteiger partial charge in [0.25, 0.3) is 5.56 Å². The van der Waals surface area contributed by atoms with Gasteiger partial charge in [-0.25, -0.2) is 4.98 Å². The maximum absolute atomic E-state index is 14.1. The Labute approximate surface area is 199 Å². The molecule has 5 rings (SSSR count). The molecule has 32 heavy (non-hydrogen) atoms. The van der Waals surface area contributed by atoms with Crippen molar-refractivity contribution in [3.05, 3.63) is 80.6 Å². The summed E-state index contributed by atoms with van der Waals surface area (Å²) in [4.78, 5) is 19.3. The predicted molar refractivity (Wildman–Crippen MR) is 134 cm³/mol. The molecule has 0 bridgehead atoms. The Morgan fingerprint density at radius 1 is 1.06 bits per heavy atom. The van der Waals surface area contributed by atoms with Crippen molar-refractivity contribution in [2.24, 2.45) is 0 Å². The molecule has 2 aliphatic rings. The molecule has 1 spiro atoms.